The van der Waals surface area contributed by atoms with Gasteiger partial charge in [0.2, 0.25) is 0 Å². The van der Waals surface area contributed by atoms with Crippen molar-refractivity contribution in [2.45, 2.75) is 13.0 Å². The number of amides is 1. The fourth-order valence-corrected chi connectivity index (χ4v) is 2.23. The first kappa shape index (κ1) is 17.1. The maximum absolute atomic E-state index is 12.5. The van der Waals surface area contributed by atoms with Crippen molar-refractivity contribution in [3.05, 3.63) is 79.9 Å². The number of nitro benzene ring substituents is 2. The van der Waals surface area contributed by atoms with Crippen LogP contribution in [0.25, 0.3) is 0 Å². The lowest BCUT2D eigenvalue weighted by atomic mass is 10.1. The predicted molar refractivity (Wildman–Crippen MR) is 86.7 cm³/mol. The molecule has 1 amide bonds. The molecule has 8 heteroatoms. The molecule has 0 saturated carbocycles. The number of nitrogens with zero attached hydrogens (tertiary/aromatic N) is 3. The van der Waals surface area contributed by atoms with E-state index in [4.69, 9.17) is 0 Å². The van der Waals surface area contributed by atoms with Crippen LogP contribution in [-0.2, 0) is 0 Å². The topological polar surface area (TPSA) is 107 Å². The van der Waals surface area contributed by atoms with Crippen molar-refractivity contribution in [3.63, 3.8) is 0 Å². The van der Waals surface area contributed by atoms with Crippen LogP contribution in [-0.4, -0.2) is 27.7 Å². The minimum atomic E-state index is -0.538. The SMILES string of the molecule is CC(c1cccc([N+](=O)[O-])c1)N(C)C(=O)c1ccc([N+](=O)[O-])cc1. The highest BCUT2D eigenvalue weighted by atomic mass is 16.6. The molecule has 0 bridgehead atoms. The molecule has 1 atom stereocenters. The molecule has 1 unspecified atom stereocenters. The number of non-ortho nitro benzene ring substituents is 2. The molecule has 24 heavy (non-hydrogen) atoms. The van der Waals surface area contributed by atoms with E-state index in [1.54, 1.807) is 26.1 Å². The lowest BCUT2D eigenvalue weighted by Crippen LogP contribution is -2.29. The number of nitro groups is 2. The van der Waals surface area contributed by atoms with E-state index in [1.165, 1.54) is 41.3 Å². The third kappa shape index (κ3) is 3.54. The summed E-state index contributed by atoms with van der Waals surface area (Å²) in [5.41, 5.74) is 0.791. The summed E-state index contributed by atoms with van der Waals surface area (Å²) in [5, 5.41) is 21.5. The second-order valence-corrected chi connectivity index (χ2v) is 5.25. The maximum atomic E-state index is 12.5. The molecule has 2 aromatic rings. The van der Waals surface area contributed by atoms with E-state index in [9.17, 15) is 25.0 Å². The van der Waals surface area contributed by atoms with Crippen molar-refractivity contribution in [2.24, 2.45) is 0 Å². The van der Waals surface area contributed by atoms with Gasteiger partial charge in [0.25, 0.3) is 17.3 Å². The summed E-state index contributed by atoms with van der Waals surface area (Å²) in [6.45, 7) is 1.75. The van der Waals surface area contributed by atoms with Gasteiger partial charge in [-0.2, -0.15) is 0 Å². The van der Waals surface area contributed by atoms with Crippen molar-refractivity contribution in [1.29, 1.82) is 0 Å². The third-order valence-electron chi connectivity index (χ3n) is 3.79. The van der Waals surface area contributed by atoms with E-state index in [2.05, 4.69) is 0 Å². The third-order valence-corrected chi connectivity index (χ3v) is 3.79. The minimum absolute atomic E-state index is 0.0458. The van der Waals surface area contributed by atoms with Crippen molar-refractivity contribution in [2.75, 3.05) is 7.05 Å². The van der Waals surface area contributed by atoms with E-state index < -0.39 is 15.9 Å². The molecule has 2 aromatic carbocycles. The number of benzene rings is 2. The summed E-state index contributed by atoms with van der Waals surface area (Å²) in [5.74, 6) is -0.330. The zero-order chi connectivity index (χ0) is 17.9. The summed E-state index contributed by atoms with van der Waals surface area (Å²) < 4.78 is 0. The van der Waals surface area contributed by atoms with Crippen LogP contribution >= 0.6 is 0 Å². The van der Waals surface area contributed by atoms with E-state index >= 15 is 0 Å². The summed E-state index contributed by atoms with van der Waals surface area (Å²) in [6, 6.07) is 11.0. The Morgan fingerprint density at radius 3 is 2.12 bits per heavy atom. The molecular weight excluding hydrogens is 314 g/mol. The van der Waals surface area contributed by atoms with Gasteiger partial charge in [0.05, 0.1) is 15.9 Å². The largest absolute Gasteiger partial charge is 0.335 e. The average Bonchev–Trinajstić information content (AvgIpc) is 2.60. The smallest absolute Gasteiger partial charge is 0.269 e. The number of carbonyl (C=O) groups excluding carboxylic acids is 1. The molecule has 0 radical (unpaired) electrons. The van der Waals surface area contributed by atoms with Crippen molar-refractivity contribution in [3.8, 4) is 0 Å². The van der Waals surface area contributed by atoms with Crippen LogP contribution in [0.5, 0.6) is 0 Å². The first-order valence-electron chi connectivity index (χ1n) is 7.07. The highest BCUT2D eigenvalue weighted by Gasteiger charge is 2.21. The standard InChI is InChI=1S/C16H15N3O5/c1-11(13-4-3-5-15(10-13)19(23)24)17(2)16(20)12-6-8-14(9-7-12)18(21)22/h3-11H,1-2H3. The Balaban J connectivity index is 2.21. The molecule has 0 aromatic heterocycles. The van der Waals surface area contributed by atoms with E-state index in [1.807, 2.05) is 0 Å². The van der Waals surface area contributed by atoms with Gasteiger partial charge in [-0.3, -0.25) is 25.0 Å². The zero-order valence-electron chi connectivity index (χ0n) is 13.1. The normalized spacial score (nSPS) is 11.6. The molecule has 2 rings (SSSR count). The van der Waals surface area contributed by atoms with Crippen LogP contribution in [0.2, 0.25) is 0 Å². The quantitative estimate of drug-likeness (QED) is 0.617. The molecule has 0 spiro atoms. The molecule has 0 aliphatic carbocycles. The van der Waals surface area contributed by atoms with Gasteiger partial charge in [-0.15, -0.1) is 0 Å². The maximum Gasteiger partial charge on any atom is 0.269 e. The van der Waals surface area contributed by atoms with Crippen molar-refractivity contribution < 1.29 is 14.6 Å². The molecule has 8 nitrogen and oxygen atoms in total. The molecule has 0 fully saturated rings. The summed E-state index contributed by atoms with van der Waals surface area (Å²) in [6.07, 6.45) is 0. The Hall–Kier alpha value is -3.29. The molecule has 0 aliphatic heterocycles. The van der Waals surface area contributed by atoms with Gasteiger partial charge < -0.3 is 4.90 Å². The van der Waals surface area contributed by atoms with Crippen LogP contribution < -0.4 is 0 Å². The van der Waals surface area contributed by atoms with Crippen LogP contribution in [0.3, 0.4) is 0 Å². The minimum Gasteiger partial charge on any atom is -0.335 e. The van der Waals surface area contributed by atoms with Crippen LogP contribution in [0.15, 0.2) is 48.5 Å². The number of rotatable bonds is 5. The van der Waals surface area contributed by atoms with Crippen LogP contribution in [0, 0.1) is 20.2 Å². The first-order valence-corrected chi connectivity index (χ1v) is 7.07. The number of hydrogen-bond donors (Lipinski definition) is 0. The monoisotopic (exact) mass is 329 g/mol. The molecule has 0 saturated heterocycles. The summed E-state index contributed by atoms with van der Waals surface area (Å²) in [7, 11) is 1.58. The van der Waals surface area contributed by atoms with Gasteiger partial charge in [-0.25, -0.2) is 0 Å². The average molecular weight is 329 g/mol. The predicted octanol–water partition coefficient (Wildman–Crippen LogP) is 3.34. The second kappa shape index (κ2) is 6.86. The van der Waals surface area contributed by atoms with Gasteiger partial charge >= 0.3 is 0 Å². The van der Waals surface area contributed by atoms with Gasteiger partial charge in [-0.05, 0) is 24.6 Å². The van der Waals surface area contributed by atoms with E-state index in [0.717, 1.165) is 0 Å². The Labute approximate surface area is 137 Å². The first-order chi connectivity index (χ1) is 11.3. The lowest BCUT2D eigenvalue weighted by molar-refractivity contribution is -0.385. The molecule has 0 heterocycles. The number of hydrogen-bond acceptors (Lipinski definition) is 5. The Morgan fingerprint density at radius 1 is 1.00 bits per heavy atom. The number of carbonyl (C=O) groups is 1. The summed E-state index contributed by atoms with van der Waals surface area (Å²) >= 11 is 0. The van der Waals surface area contributed by atoms with Crippen molar-refractivity contribution in [1.82, 2.24) is 4.90 Å². The zero-order valence-corrected chi connectivity index (χ0v) is 13.1. The van der Waals surface area contributed by atoms with Gasteiger partial charge in [0, 0.05) is 36.9 Å². The lowest BCUT2D eigenvalue weighted by Gasteiger charge is -2.25. The molecular formula is C16H15N3O5. The Kier molecular flexibility index (Phi) is 4.88. The van der Waals surface area contributed by atoms with Crippen LogP contribution in [0.1, 0.15) is 28.9 Å². The molecule has 0 N–H and O–H groups in total. The Morgan fingerprint density at radius 2 is 1.58 bits per heavy atom. The fraction of sp³-hybridized carbons (Fsp3) is 0.188. The second-order valence-electron chi connectivity index (χ2n) is 5.25. The van der Waals surface area contributed by atoms with Crippen LogP contribution in [0.4, 0.5) is 11.4 Å². The van der Waals surface area contributed by atoms with E-state index in [0.29, 0.717) is 11.1 Å². The van der Waals surface area contributed by atoms with Gasteiger partial charge in [0.15, 0.2) is 0 Å². The Bertz CT molecular complexity index is 789. The fourth-order valence-electron chi connectivity index (χ4n) is 2.23. The van der Waals surface area contributed by atoms with E-state index in [-0.39, 0.29) is 17.3 Å². The summed E-state index contributed by atoms with van der Waals surface area (Å²) in [4.78, 5) is 34.4. The van der Waals surface area contributed by atoms with Gasteiger partial charge in [0.1, 0.15) is 0 Å². The highest BCUT2D eigenvalue weighted by Crippen LogP contribution is 2.24. The van der Waals surface area contributed by atoms with Crippen molar-refractivity contribution >= 4 is 17.3 Å². The molecule has 0 aliphatic rings. The van der Waals surface area contributed by atoms with Gasteiger partial charge in [-0.1, -0.05) is 12.1 Å². The highest BCUT2D eigenvalue weighted by molar-refractivity contribution is 5.94. The molecule has 124 valence electrons.